The van der Waals surface area contributed by atoms with Gasteiger partial charge in [0.05, 0.1) is 6.10 Å². The molecule has 1 saturated carbocycles. The monoisotopic (exact) mass is 444 g/mol. The van der Waals surface area contributed by atoms with Crippen LogP contribution in [0.4, 0.5) is 8.78 Å². The predicted molar refractivity (Wildman–Crippen MR) is 120 cm³/mol. The fraction of sp³-hybridized carbons (Fsp3) is 0.440. The van der Waals surface area contributed by atoms with Gasteiger partial charge in [-0.15, -0.1) is 0 Å². The highest BCUT2D eigenvalue weighted by Crippen LogP contribution is 2.31. The Bertz CT molecular complexity index is 923. The van der Waals surface area contributed by atoms with Crippen molar-refractivity contribution in [1.29, 1.82) is 0 Å². The first-order valence-corrected chi connectivity index (χ1v) is 10.9. The van der Waals surface area contributed by atoms with E-state index in [-0.39, 0.29) is 17.9 Å². The van der Waals surface area contributed by atoms with Crippen LogP contribution in [0, 0.1) is 12.8 Å². The quantitative estimate of drug-likeness (QED) is 0.569. The molecule has 0 saturated heterocycles. The molecular formula is C25H30F2N2O3. The third-order valence-electron chi connectivity index (χ3n) is 5.68. The maximum absolute atomic E-state index is 12.4. The van der Waals surface area contributed by atoms with E-state index in [1.165, 1.54) is 6.92 Å². The van der Waals surface area contributed by atoms with Crippen molar-refractivity contribution in [3.8, 4) is 11.6 Å². The summed E-state index contributed by atoms with van der Waals surface area (Å²) in [5.74, 6) is 1.43. The minimum absolute atomic E-state index is 0.147. The van der Waals surface area contributed by atoms with E-state index < -0.39 is 13.0 Å². The SMILES string of the molecule is C=C(NC(C)=O)c1ccc(OC2CCC(Cc3cc(OCC(F)F)ncc3C)CC2)cc1. The lowest BCUT2D eigenvalue weighted by molar-refractivity contribution is -0.117. The van der Waals surface area contributed by atoms with E-state index in [9.17, 15) is 13.6 Å². The van der Waals surface area contributed by atoms with Gasteiger partial charge in [-0.25, -0.2) is 13.8 Å². The Labute approximate surface area is 187 Å². The standard InChI is InChI=1S/C25H30F2N2O3/c1-16-14-28-25(31-15-24(26)27)13-21(16)12-19-4-8-22(9-5-19)32-23-10-6-20(7-11-23)17(2)29-18(3)30/h6-7,10-11,13-14,19,22,24H,2,4-5,8-9,12,15H2,1,3H3,(H,29,30). The smallest absolute Gasteiger partial charge is 0.272 e. The number of carbonyl (C=O) groups is 1. The number of hydrogen-bond donors (Lipinski definition) is 1. The van der Waals surface area contributed by atoms with Gasteiger partial charge in [-0.05, 0) is 85.9 Å². The molecule has 5 nitrogen and oxygen atoms in total. The Morgan fingerprint density at radius 3 is 2.53 bits per heavy atom. The van der Waals surface area contributed by atoms with Gasteiger partial charge >= 0.3 is 0 Å². The van der Waals surface area contributed by atoms with E-state index in [2.05, 4.69) is 16.9 Å². The van der Waals surface area contributed by atoms with Crippen molar-refractivity contribution >= 4 is 11.6 Å². The second kappa shape index (κ2) is 11.1. The topological polar surface area (TPSA) is 60.5 Å². The van der Waals surface area contributed by atoms with Gasteiger partial charge in [0, 0.05) is 24.9 Å². The molecule has 1 aromatic heterocycles. The van der Waals surface area contributed by atoms with E-state index in [1.807, 2.05) is 31.2 Å². The number of nitrogens with zero attached hydrogens (tertiary/aromatic N) is 1. The summed E-state index contributed by atoms with van der Waals surface area (Å²) >= 11 is 0. The van der Waals surface area contributed by atoms with Crippen LogP contribution in [-0.2, 0) is 11.2 Å². The van der Waals surface area contributed by atoms with Crippen molar-refractivity contribution in [2.24, 2.45) is 5.92 Å². The molecule has 172 valence electrons. The van der Waals surface area contributed by atoms with E-state index >= 15 is 0 Å². The lowest BCUT2D eigenvalue weighted by Gasteiger charge is -2.29. The van der Waals surface area contributed by atoms with Crippen LogP contribution in [0.15, 0.2) is 43.1 Å². The molecule has 1 aromatic carbocycles. The first-order chi connectivity index (χ1) is 15.3. The zero-order valence-corrected chi connectivity index (χ0v) is 18.6. The molecule has 0 atom stereocenters. The van der Waals surface area contributed by atoms with Gasteiger partial charge in [0.15, 0.2) is 6.61 Å². The number of amides is 1. The van der Waals surface area contributed by atoms with Gasteiger partial charge in [0.1, 0.15) is 5.75 Å². The van der Waals surface area contributed by atoms with Gasteiger partial charge in [-0.3, -0.25) is 4.79 Å². The molecule has 1 aliphatic carbocycles. The number of rotatable bonds is 9. The number of benzene rings is 1. The summed E-state index contributed by atoms with van der Waals surface area (Å²) in [5.41, 5.74) is 3.57. The lowest BCUT2D eigenvalue weighted by atomic mass is 9.83. The highest BCUT2D eigenvalue weighted by atomic mass is 19.3. The number of alkyl halides is 2. The number of pyridine rings is 1. The zero-order valence-electron chi connectivity index (χ0n) is 18.6. The summed E-state index contributed by atoms with van der Waals surface area (Å²) in [6, 6.07) is 9.36. The van der Waals surface area contributed by atoms with Crippen LogP contribution in [0.3, 0.4) is 0 Å². The molecule has 1 fully saturated rings. The molecule has 2 aromatic rings. The van der Waals surface area contributed by atoms with Crippen LogP contribution in [0.5, 0.6) is 11.6 Å². The summed E-state index contributed by atoms with van der Waals surface area (Å²) in [5, 5.41) is 2.68. The fourth-order valence-electron chi connectivity index (χ4n) is 3.97. The summed E-state index contributed by atoms with van der Waals surface area (Å²) < 4.78 is 36.0. The van der Waals surface area contributed by atoms with Crippen molar-refractivity contribution in [3.05, 3.63) is 59.8 Å². The molecule has 3 rings (SSSR count). The van der Waals surface area contributed by atoms with Crippen molar-refractivity contribution in [1.82, 2.24) is 10.3 Å². The molecular weight excluding hydrogens is 414 g/mol. The van der Waals surface area contributed by atoms with E-state index in [0.717, 1.165) is 54.5 Å². The van der Waals surface area contributed by atoms with Crippen LogP contribution < -0.4 is 14.8 Å². The molecule has 0 spiro atoms. The Morgan fingerprint density at radius 1 is 1.22 bits per heavy atom. The molecule has 1 N–H and O–H groups in total. The van der Waals surface area contributed by atoms with Crippen molar-refractivity contribution in [3.63, 3.8) is 0 Å². The maximum atomic E-state index is 12.4. The fourth-order valence-corrected chi connectivity index (χ4v) is 3.97. The minimum atomic E-state index is -2.51. The Balaban J connectivity index is 1.49. The zero-order chi connectivity index (χ0) is 23.1. The van der Waals surface area contributed by atoms with Gasteiger partial charge < -0.3 is 14.8 Å². The average molecular weight is 445 g/mol. The third-order valence-corrected chi connectivity index (χ3v) is 5.68. The largest absolute Gasteiger partial charge is 0.490 e. The van der Waals surface area contributed by atoms with Crippen molar-refractivity contribution < 1.29 is 23.0 Å². The minimum Gasteiger partial charge on any atom is -0.490 e. The molecule has 0 unspecified atom stereocenters. The van der Waals surface area contributed by atoms with Gasteiger partial charge in [-0.2, -0.15) is 0 Å². The molecule has 0 aliphatic heterocycles. The number of hydrogen-bond acceptors (Lipinski definition) is 4. The van der Waals surface area contributed by atoms with Gasteiger partial charge in [0.2, 0.25) is 11.8 Å². The summed E-state index contributed by atoms with van der Waals surface area (Å²) in [7, 11) is 0. The molecule has 1 heterocycles. The number of nitrogens with one attached hydrogen (secondary N) is 1. The molecule has 0 radical (unpaired) electrons. The van der Waals surface area contributed by atoms with Crippen LogP contribution in [-0.4, -0.2) is 30.0 Å². The normalized spacial score (nSPS) is 18.3. The van der Waals surface area contributed by atoms with Gasteiger partial charge in [-0.1, -0.05) is 6.58 Å². The summed E-state index contributed by atoms with van der Waals surface area (Å²) in [6.45, 7) is 6.66. The van der Waals surface area contributed by atoms with Crippen LogP contribution >= 0.6 is 0 Å². The molecule has 1 aliphatic rings. The van der Waals surface area contributed by atoms with E-state index in [4.69, 9.17) is 9.47 Å². The number of aryl methyl sites for hydroxylation is 1. The summed E-state index contributed by atoms with van der Waals surface area (Å²) in [6.07, 6.45) is 4.23. The van der Waals surface area contributed by atoms with Crippen molar-refractivity contribution in [2.45, 2.75) is 58.5 Å². The number of ether oxygens (including phenoxy) is 2. The highest BCUT2D eigenvalue weighted by Gasteiger charge is 2.23. The molecule has 0 bridgehead atoms. The Morgan fingerprint density at radius 2 is 1.91 bits per heavy atom. The van der Waals surface area contributed by atoms with E-state index in [0.29, 0.717) is 11.6 Å². The van der Waals surface area contributed by atoms with Crippen LogP contribution in [0.25, 0.3) is 5.70 Å². The molecule has 32 heavy (non-hydrogen) atoms. The molecule has 7 heteroatoms. The first-order valence-electron chi connectivity index (χ1n) is 10.9. The number of halogens is 2. The lowest BCUT2D eigenvalue weighted by Crippen LogP contribution is -2.25. The van der Waals surface area contributed by atoms with E-state index in [1.54, 1.807) is 12.3 Å². The maximum Gasteiger partial charge on any atom is 0.272 e. The number of aromatic nitrogens is 1. The predicted octanol–water partition coefficient (Wildman–Crippen LogP) is 5.32. The second-order valence-electron chi connectivity index (χ2n) is 8.30. The Hall–Kier alpha value is -2.96. The highest BCUT2D eigenvalue weighted by molar-refractivity contribution is 5.84. The second-order valence-corrected chi connectivity index (χ2v) is 8.30. The van der Waals surface area contributed by atoms with Crippen LogP contribution in [0.1, 0.15) is 49.3 Å². The number of carbonyl (C=O) groups excluding carboxylic acids is 1. The average Bonchev–Trinajstić information content (AvgIpc) is 2.75. The summed E-state index contributed by atoms with van der Waals surface area (Å²) in [4.78, 5) is 15.2. The third kappa shape index (κ3) is 7.04. The van der Waals surface area contributed by atoms with Crippen LogP contribution in [0.2, 0.25) is 0 Å². The Kier molecular flexibility index (Phi) is 8.20. The van der Waals surface area contributed by atoms with Crippen molar-refractivity contribution in [2.75, 3.05) is 6.61 Å². The van der Waals surface area contributed by atoms with Gasteiger partial charge in [0.25, 0.3) is 6.43 Å². The molecule has 1 amide bonds. The first kappa shape index (κ1) is 23.7.